The Morgan fingerprint density at radius 2 is 1.10 bits per heavy atom. The Bertz CT molecular complexity index is 2790. The summed E-state index contributed by atoms with van der Waals surface area (Å²) in [6.07, 6.45) is 0. The summed E-state index contributed by atoms with van der Waals surface area (Å²) in [7, 11) is 0. The lowest BCUT2D eigenvalue weighted by atomic mass is 10.0. The number of furan rings is 1. The van der Waals surface area contributed by atoms with Gasteiger partial charge in [0.2, 0.25) is 5.89 Å². The summed E-state index contributed by atoms with van der Waals surface area (Å²) in [6, 6.07) is 59.3. The first-order valence-corrected chi connectivity index (χ1v) is 16.5. The third kappa shape index (κ3) is 4.57. The van der Waals surface area contributed by atoms with Crippen LogP contribution in [0.3, 0.4) is 0 Å². The lowest BCUT2D eigenvalue weighted by molar-refractivity contribution is 0.620. The molecule has 10 rings (SSSR count). The van der Waals surface area contributed by atoms with E-state index >= 15 is 0 Å². The molecule has 0 aliphatic heterocycles. The highest BCUT2D eigenvalue weighted by Crippen LogP contribution is 2.44. The Morgan fingerprint density at radius 1 is 0.429 bits per heavy atom. The Hall–Kier alpha value is -6.65. The van der Waals surface area contributed by atoms with E-state index in [9.17, 15) is 0 Å². The summed E-state index contributed by atoms with van der Waals surface area (Å²) in [5, 5.41) is 6.65. The largest absolute Gasteiger partial charge is 0.456 e. The summed E-state index contributed by atoms with van der Waals surface area (Å²) >= 11 is 0. The molecule has 0 aliphatic rings. The molecule has 49 heavy (non-hydrogen) atoms. The molecule has 4 heteroatoms. The van der Waals surface area contributed by atoms with Crippen LogP contribution in [-0.2, 0) is 0 Å². The van der Waals surface area contributed by atoms with Crippen LogP contribution < -0.4 is 4.90 Å². The maximum absolute atomic E-state index is 6.60. The average Bonchev–Trinajstić information content (AvgIpc) is 3.75. The molecule has 0 radical (unpaired) electrons. The molecule has 0 aliphatic carbocycles. The van der Waals surface area contributed by atoms with Gasteiger partial charge in [-0.05, 0) is 81.7 Å². The van der Waals surface area contributed by atoms with Gasteiger partial charge in [0.25, 0.3) is 0 Å². The molecule has 4 nitrogen and oxygen atoms in total. The van der Waals surface area contributed by atoms with Gasteiger partial charge in [-0.15, -0.1) is 0 Å². The van der Waals surface area contributed by atoms with Crippen molar-refractivity contribution in [3.8, 4) is 22.6 Å². The van der Waals surface area contributed by atoms with Crippen LogP contribution in [-0.4, -0.2) is 4.98 Å². The van der Waals surface area contributed by atoms with E-state index in [0.717, 1.165) is 77.6 Å². The van der Waals surface area contributed by atoms with Gasteiger partial charge >= 0.3 is 0 Å². The lowest BCUT2D eigenvalue weighted by Crippen LogP contribution is -2.11. The van der Waals surface area contributed by atoms with Crippen LogP contribution in [0.2, 0.25) is 0 Å². The second kappa shape index (κ2) is 11.0. The second-order valence-electron chi connectivity index (χ2n) is 12.4. The van der Waals surface area contributed by atoms with Crippen molar-refractivity contribution in [3.05, 3.63) is 170 Å². The quantitative estimate of drug-likeness (QED) is 0.190. The second-order valence-corrected chi connectivity index (χ2v) is 12.4. The number of anilines is 3. The fraction of sp³-hybridized carbons (Fsp3) is 0. The van der Waals surface area contributed by atoms with E-state index in [2.05, 4.69) is 150 Å². The van der Waals surface area contributed by atoms with Crippen LogP contribution in [0, 0.1) is 0 Å². The number of nitrogens with zero attached hydrogens (tertiary/aromatic N) is 2. The highest BCUT2D eigenvalue weighted by Gasteiger charge is 2.21. The van der Waals surface area contributed by atoms with Gasteiger partial charge in [0, 0.05) is 39.3 Å². The predicted molar refractivity (Wildman–Crippen MR) is 202 cm³/mol. The molecular formula is C45H28N2O2. The first-order chi connectivity index (χ1) is 24.3. The lowest BCUT2D eigenvalue weighted by Gasteiger charge is -2.28. The van der Waals surface area contributed by atoms with Crippen molar-refractivity contribution in [2.24, 2.45) is 0 Å². The van der Waals surface area contributed by atoms with Crippen LogP contribution in [0.1, 0.15) is 0 Å². The molecule has 0 amide bonds. The molecule has 0 unspecified atom stereocenters. The number of fused-ring (bicyclic) bond motifs is 6. The van der Waals surface area contributed by atoms with Crippen molar-refractivity contribution in [1.29, 1.82) is 0 Å². The molecule has 0 N–H and O–H groups in total. The van der Waals surface area contributed by atoms with Crippen LogP contribution in [0.25, 0.3) is 77.2 Å². The smallest absolute Gasteiger partial charge is 0.228 e. The van der Waals surface area contributed by atoms with E-state index in [1.807, 2.05) is 24.3 Å². The van der Waals surface area contributed by atoms with E-state index in [0.29, 0.717) is 5.89 Å². The zero-order valence-corrected chi connectivity index (χ0v) is 26.4. The number of hydrogen-bond donors (Lipinski definition) is 0. The Labute approximate surface area is 282 Å². The summed E-state index contributed by atoms with van der Waals surface area (Å²) < 4.78 is 13.0. The highest BCUT2D eigenvalue weighted by atomic mass is 16.3. The highest BCUT2D eigenvalue weighted by molar-refractivity contribution is 6.13. The van der Waals surface area contributed by atoms with Crippen molar-refractivity contribution in [2.45, 2.75) is 0 Å². The molecule has 0 bridgehead atoms. The minimum atomic E-state index is 0.581. The summed E-state index contributed by atoms with van der Waals surface area (Å²) in [6.45, 7) is 0. The minimum absolute atomic E-state index is 0.581. The molecule has 0 atom stereocenters. The number of para-hydroxylation sites is 1. The maximum atomic E-state index is 6.60. The normalized spacial score (nSPS) is 11.7. The standard InChI is InChI=1S/C45H28N2O2/c1-2-12-30(13-3-1)36-17-8-9-19-40(36)47(34-22-21-29-11-4-5-14-31(29)25-34)35-23-24-37-42(28-35)48-41-20-10-18-38(44(37)41)45-46-39-26-32-15-6-7-16-33(32)27-43(39)49-45/h1-28H. The van der Waals surface area contributed by atoms with Crippen molar-refractivity contribution >= 4 is 71.6 Å². The van der Waals surface area contributed by atoms with Crippen LogP contribution in [0.5, 0.6) is 0 Å². The average molecular weight is 629 g/mol. The van der Waals surface area contributed by atoms with Crippen molar-refractivity contribution in [1.82, 2.24) is 4.98 Å². The van der Waals surface area contributed by atoms with Gasteiger partial charge in [0.1, 0.15) is 16.7 Å². The van der Waals surface area contributed by atoms with Crippen LogP contribution in [0.15, 0.2) is 179 Å². The van der Waals surface area contributed by atoms with Gasteiger partial charge in [-0.1, -0.05) is 109 Å². The van der Waals surface area contributed by atoms with E-state index in [1.165, 1.54) is 10.8 Å². The topological polar surface area (TPSA) is 42.4 Å². The fourth-order valence-corrected chi connectivity index (χ4v) is 7.13. The molecular weight excluding hydrogens is 601 g/mol. The molecule has 8 aromatic carbocycles. The first kappa shape index (κ1) is 27.5. The van der Waals surface area contributed by atoms with Crippen LogP contribution in [0.4, 0.5) is 17.1 Å². The first-order valence-electron chi connectivity index (χ1n) is 16.5. The van der Waals surface area contributed by atoms with E-state index < -0.39 is 0 Å². The molecule has 0 saturated heterocycles. The van der Waals surface area contributed by atoms with Gasteiger partial charge in [-0.2, -0.15) is 0 Å². The molecule has 0 saturated carbocycles. The summed E-state index contributed by atoms with van der Waals surface area (Å²) in [5.41, 5.74) is 9.55. The van der Waals surface area contributed by atoms with Gasteiger partial charge < -0.3 is 13.7 Å². The maximum Gasteiger partial charge on any atom is 0.228 e. The van der Waals surface area contributed by atoms with Gasteiger partial charge in [0.15, 0.2) is 5.58 Å². The molecule has 0 fully saturated rings. The number of hydrogen-bond acceptors (Lipinski definition) is 4. The number of oxazole rings is 1. The monoisotopic (exact) mass is 628 g/mol. The minimum Gasteiger partial charge on any atom is -0.456 e. The van der Waals surface area contributed by atoms with Crippen molar-refractivity contribution in [3.63, 3.8) is 0 Å². The third-order valence-electron chi connectivity index (χ3n) is 9.45. The Balaban J connectivity index is 1.16. The molecule has 10 aromatic rings. The van der Waals surface area contributed by atoms with Crippen LogP contribution >= 0.6 is 0 Å². The molecule has 230 valence electrons. The molecule has 0 spiro atoms. The molecule has 2 aromatic heterocycles. The van der Waals surface area contributed by atoms with E-state index in [-0.39, 0.29) is 0 Å². The fourth-order valence-electron chi connectivity index (χ4n) is 7.13. The molecule has 2 heterocycles. The van der Waals surface area contributed by atoms with Crippen molar-refractivity contribution in [2.75, 3.05) is 4.90 Å². The van der Waals surface area contributed by atoms with Gasteiger partial charge in [0.05, 0.1) is 5.69 Å². The van der Waals surface area contributed by atoms with Gasteiger partial charge in [-0.3, -0.25) is 0 Å². The van der Waals surface area contributed by atoms with E-state index in [4.69, 9.17) is 13.8 Å². The predicted octanol–water partition coefficient (Wildman–Crippen LogP) is 12.8. The third-order valence-corrected chi connectivity index (χ3v) is 9.45. The van der Waals surface area contributed by atoms with Crippen molar-refractivity contribution < 1.29 is 8.83 Å². The van der Waals surface area contributed by atoms with Gasteiger partial charge in [-0.25, -0.2) is 4.98 Å². The van der Waals surface area contributed by atoms with E-state index in [1.54, 1.807) is 0 Å². The zero-order valence-electron chi connectivity index (χ0n) is 26.4. The Kier molecular flexibility index (Phi) is 6.15. The Morgan fingerprint density at radius 3 is 1.96 bits per heavy atom. The SMILES string of the molecule is c1ccc(-c2ccccc2N(c2ccc3ccccc3c2)c2ccc3c(c2)oc2cccc(-c4nc5cc6ccccc6cc5o4)c23)cc1. The summed E-state index contributed by atoms with van der Waals surface area (Å²) in [5.74, 6) is 0.581. The number of rotatable bonds is 5. The number of benzene rings is 8. The zero-order chi connectivity index (χ0) is 32.3. The summed E-state index contributed by atoms with van der Waals surface area (Å²) in [4.78, 5) is 7.27. The number of aromatic nitrogens is 1.